The molecule has 0 bridgehead atoms. The number of amides is 2. The number of aromatic nitrogens is 3. The van der Waals surface area contributed by atoms with Crippen LogP contribution in [0, 0.1) is 6.92 Å². The standard InChI is InChI=1S/C31H40N6O8/c1-18-23(44-17-34-18)16-43-26-11-20-15-37(29(40)45-30(2,3)4)31(41,12-21(20)13-32-26)24(38)14-33-28(39)19-9-25(35-22-7-6-8-22)36-27(10-19)42-5/h9-11,13,17,22,24,38,41H,6-8,12,14-16H2,1-5H3,(H,33,39)(H,35,36)/t24-,31+/m1/s1. The van der Waals surface area contributed by atoms with Gasteiger partial charge in [-0.1, -0.05) is 0 Å². The fourth-order valence-electron chi connectivity index (χ4n) is 5.04. The monoisotopic (exact) mass is 624 g/mol. The highest BCUT2D eigenvalue weighted by Crippen LogP contribution is 2.34. The molecule has 4 heterocycles. The third kappa shape index (κ3) is 7.45. The maximum absolute atomic E-state index is 13.4. The smallest absolute Gasteiger partial charge is 0.412 e. The molecule has 2 amide bonds. The summed E-state index contributed by atoms with van der Waals surface area (Å²) >= 11 is 0. The Kier molecular flexibility index (Phi) is 9.16. The summed E-state index contributed by atoms with van der Waals surface area (Å²) < 4.78 is 22.0. The number of anilines is 1. The number of hydrogen-bond acceptors (Lipinski definition) is 12. The second kappa shape index (κ2) is 12.9. The van der Waals surface area contributed by atoms with Gasteiger partial charge < -0.3 is 39.5 Å². The van der Waals surface area contributed by atoms with Gasteiger partial charge in [-0.25, -0.2) is 14.8 Å². The van der Waals surface area contributed by atoms with Crippen LogP contribution in [0.1, 0.15) is 73.0 Å². The molecule has 45 heavy (non-hydrogen) atoms. The van der Waals surface area contributed by atoms with Crippen molar-refractivity contribution in [3.8, 4) is 11.8 Å². The minimum absolute atomic E-state index is 0.107. The van der Waals surface area contributed by atoms with Gasteiger partial charge in [-0.15, -0.1) is 0 Å². The van der Waals surface area contributed by atoms with Crippen molar-refractivity contribution in [2.45, 2.75) is 90.0 Å². The Balaban J connectivity index is 1.33. The van der Waals surface area contributed by atoms with E-state index >= 15 is 0 Å². The van der Waals surface area contributed by atoms with E-state index in [-0.39, 0.29) is 43.4 Å². The number of ether oxygens (including phenoxy) is 3. The number of carbonyl (C=O) groups excluding carboxylic acids is 2. The summed E-state index contributed by atoms with van der Waals surface area (Å²) in [5.41, 5.74) is -0.795. The molecule has 2 atom stereocenters. The van der Waals surface area contributed by atoms with Crippen molar-refractivity contribution in [3.63, 3.8) is 0 Å². The molecule has 1 fully saturated rings. The average Bonchev–Trinajstić information content (AvgIpc) is 3.39. The Labute approximate surface area is 261 Å². The first-order chi connectivity index (χ1) is 21.3. The van der Waals surface area contributed by atoms with Gasteiger partial charge in [0, 0.05) is 42.9 Å². The molecule has 1 aliphatic carbocycles. The van der Waals surface area contributed by atoms with E-state index in [1.807, 2.05) is 0 Å². The first-order valence-corrected chi connectivity index (χ1v) is 14.9. The molecule has 5 rings (SSSR count). The lowest BCUT2D eigenvalue weighted by atomic mass is 9.89. The summed E-state index contributed by atoms with van der Waals surface area (Å²) in [6.07, 6.45) is 3.44. The number of pyridine rings is 2. The minimum atomic E-state index is -2.13. The minimum Gasteiger partial charge on any atom is -0.481 e. The molecule has 4 N–H and O–H groups in total. The fourth-order valence-corrected chi connectivity index (χ4v) is 5.04. The topological polar surface area (TPSA) is 181 Å². The van der Waals surface area contributed by atoms with E-state index in [1.165, 1.54) is 25.8 Å². The largest absolute Gasteiger partial charge is 0.481 e. The van der Waals surface area contributed by atoms with Crippen molar-refractivity contribution in [3.05, 3.63) is 58.9 Å². The van der Waals surface area contributed by atoms with E-state index in [1.54, 1.807) is 39.8 Å². The maximum Gasteiger partial charge on any atom is 0.412 e. The molecular weight excluding hydrogens is 584 g/mol. The molecule has 0 radical (unpaired) electrons. The summed E-state index contributed by atoms with van der Waals surface area (Å²) in [7, 11) is 1.46. The van der Waals surface area contributed by atoms with Crippen LogP contribution in [-0.4, -0.2) is 79.2 Å². The number of carbonyl (C=O) groups is 2. The molecule has 14 nitrogen and oxygen atoms in total. The Bertz CT molecular complexity index is 1530. The van der Waals surface area contributed by atoms with Crippen LogP contribution in [0.3, 0.4) is 0 Å². The van der Waals surface area contributed by atoms with E-state index in [2.05, 4.69) is 25.6 Å². The zero-order valence-electron chi connectivity index (χ0n) is 26.1. The van der Waals surface area contributed by atoms with Crippen LogP contribution in [0.2, 0.25) is 0 Å². The van der Waals surface area contributed by atoms with Gasteiger partial charge >= 0.3 is 6.09 Å². The number of oxazole rings is 1. The summed E-state index contributed by atoms with van der Waals surface area (Å²) in [6, 6.07) is 5.05. The molecule has 0 aromatic carbocycles. The number of hydrogen-bond donors (Lipinski definition) is 4. The van der Waals surface area contributed by atoms with Crippen molar-refractivity contribution in [2.75, 3.05) is 19.0 Å². The predicted octanol–water partition coefficient (Wildman–Crippen LogP) is 3.10. The van der Waals surface area contributed by atoms with Gasteiger partial charge in [-0.3, -0.25) is 9.69 Å². The van der Waals surface area contributed by atoms with E-state index in [0.29, 0.717) is 34.4 Å². The number of nitrogens with one attached hydrogen (secondary N) is 2. The normalized spacial score (nSPS) is 18.8. The molecule has 3 aromatic heterocycles. The third-order valence-electron chi connectivity index (χ3n) is 7.83. The average molecular weight is 625 g/mol. The predicted molar refractivity (Wildman–Crippen MR) is 161 cm³/mol. The van der Waals surface area contributed by atoms with Crippen molar-refractivity contribution in [2.24, 2.45) is 0 Å². The third-order valence-corrected chi connectivity index (χ3v) is 7.83. The second-order valence-electron chi connectivity index (χ2n) is 12.3. The summed E-state index contributed by atoms with van der Waals surface area (Å²) in [6.45, 7) is 6.55. The molecule has 242 valence electrons. The lowest BCUT2D eigenvalue weighted by Crippen LogP contribution is -2.64. The Morgan fingerprint density at radius 1 is 1.18 bits per heavy atom. The molecule has 0 unspecified atom stereocenters. The van der Waals surface area contributed by atoms with Crippen molar-refractivity contribution >= 4 is 17.8 Å². The highest BCUT2D eigenvalue weighted by molar-refractivity contribution is 5.95. The highest BCUT2D eigenvalue weighted by atomic mass is 16.6. The first kappa shape index (κ1) is 32.0. The van der Waals surface area contributed by atoms with Gasteiger partial charge in [-0.05, 0) is 64.2 Å². The number of aryl methyl sites for hydroxylation is 1. The van der Waals surface area contributed by atoms with Gasteiger partial charge in [0.05, 0.1) is 19.3 Å². The molecule has 2 aliphatic rings. The van der Waals surface area contributed by atoms with Gasteiger partial charge in [0.25, 0.3) is 5.91 Å². The molecule has 1 aliphatic heterocycles. The van der Waals surface area contributed by atoms with Crippen LogP contribution < -0.4 is 20.1 Å². The summed E-state index contributed by atoms with van der Waals surface area (Å²) in [4.78, 5) is 40.4. The van der Waals surface area contributed by atoms with Gasteiger partial charge in [0.2, 0.25) is 11.8 Å². The summed E-state index contributed by atoms with van der Waals surface area (Å²) in [5, 5.41) is 29.2. The lowest BCUT2D eigenvalue weighted by molar-refractivity contribution is -0.177. The first-order valence-electron chi connectivity index (χ1n) is 14.9. The van der Waals surface area contributed by atoms with E-state index in [0.717, 1.165) is 24.2 Å². The second-order valence-corrected chi connectivity index (χ2v) is 12.3. The lowest BCUT2D eigenvalue weighted by Gasteiger charge is -2.46. The zero-order valence-corrected chi connectivity index (χ0v) is 26.1. The number of aliphatic hydroxyl groups excluding tert-OH is 1. The van der Waals surface area contributed by atoms with Gasteiger partial charge in [0.1, 0.15) is 24.1 Å². The number of rotatable bonds is 10. The molecule has 3 aromatic rings. The van der Waals surface area contributed by atoms with Crippen LogP contribution in [0.5, 0.6) is 11.8 Å². The van der Waals surface area contributed by atoms with Crippen LogP contribution in [0.25, 0.3) is 0 Å². The quantitative estimate of drug-likeness (QED) is 0.259. The van der Waals surface area contributed by atoms with Gasteiger partial charge in [-0.2, -0.15) is 4.98 Å². The van der Waals surface area contributed by atoms with E-state index < -0.39 is 29.4 Å². The highest BCUT2D eigenvalue weighted by Gasteiger charge is 2.49. The van der Waals surface area contributed by atoms with Gasteiger partial charge in [0.15, 0.2) is 17.9 Å². The Morgan fingerprint density at radius 3 is 2.60 bits per heavy atom. The maximum atomic E-state index is 13.4. The van der Waals surface area contributed by atoms with Crippen LogP contribution in [-0.2, 0) is 24.3 Å². The van der Waals surface area contributed by atoms with E-state index in [4.69, 9.17) is 18.6 Å². The molecule has 0 spiro atoms. The van der Waals surface area contributed by atoms with Crippen molar-refractivity contribution in [1.82, 2.24) is 25.2 Å². The van der Waals surface area contributed by atoms with Crippen molar-refractivity contribution < 1.29 is 38.4 Å². The SMILES string of the molecule is COc1cc(C(=O)NC[C@@H](O)[C@@]2(O)Cc3cnc(OCc4ocnc4C)cc3CN2C(=O)OC(C)(C)C)cc(NC2CCC2)n1. The van der Waals surface area contributed by atoms with Crippen molar-refractivity contribution in [1.29, 1.82) is 0 Å². The van der Waals surface area contributed by atoms with E-state index in [9.17, 15) is 19.8 Å². The number of nitrogens with zero attached hydrogens (tertiary/aromatic N) is 4. The molecule has 14 heteroatoms. The molecule has 0 saturated heterocycles. The molecular formula is C31H40N6O8. The number of aliphatic hydroxyl groups is 2. The number of fused-ring (bicyclic) bond motifs is 1. The number of methoxy groups -OCH3 is 1. The summed E-state index contributed by atoms with van der Waals surface area (Å²) in [5.74, 6) is 1.09. The van der Waals surface area contributed by atoms with Crippen LogP contribution in [0.15, 0.2) is 35.2 Å². The van der Waals surface area contributed by atoms with Crippen LogP contribution >= 0.6 is 0 Å². The Morgan fingerprint density at radius 2 is 1.96 bits per heavy atom. The molecule has 1 saturated carbocycles. The van der Waals surface area contributed by atoms with Crippen LogP contribution in [0.4, 0.5) is 10.6 Å². The fraction of sp³-hybridized carbons (Fsp3) is 0.516. The zero-order chi connectivity index (χ0) is 32.4. The Hall–Kier alpha value is -4.43.